The molecule has 0 bridgehead atoms. The van der Waals surface area contributed by atoms with Crippen LogP contribution in [0.1, 0.15) is 29.8 Å². The number of pyridine rings is 1. The Morgan fingerprint density at radius 1 is 1.00 bits per heavy atom. The molecule has 2 aromatic carbocycles. The summed E-state index contributed by atoms with van der Waals surface area (Å²) in [4.78, 5) is 17.1. The Bertz CT molecular complexity index is 1030. The van der Waals surface area contributed by atoms with E-state index in [0.717, 1.165) is 11.3 Å². The summed E-state index contributed by atoms with van der Waals surface area (Å²) in [6.45, 7) is 5.48. The van der Waals surface area contributed by atoms with Crippen LogP contribution in [0.15, 0.2) is 60.8 Å². The minimum atomic E-state index is -0.210. The van der Waals surface area contributed by atoms with E-state index >= 15 is 0 Å². The molecule has 0 saturated carbocycles. The molecule has 0 aliphatic rings. The minimum Gasteiger partial charge on any atom is -0.490 e. The lowest BCUT2D eigenvalue weighted by Crippen LogP contribution is -2.26. The molecule has 0 atom stereocenters. The SMILES string of the molecule is CCOc1ccc(CCNC(=O)c2cccnc2Nc2ccccc2Cl)cc1OCC. The minimum absolute atomic E-state index is 0.210. The number of aromatic nitrogens is 1. The zero-order valence-electron chi connectivity index (χ0n) is 17.7. The maximum absolute atomic E-state index is 12.8. The van der Waals surface area contributed by atoms with Crippen molar-refractivity contribution in [2.75, 3.05) is 25.1 Å². The number of hydrogen-bond donors (Lipinski definition) is 2. The van der Waals surface area contributed by atoms with Crippen LogP contribution in [-0.2, 0) is 6.42 Å². The highest BCUT2D eigenvalue weighted by atomic mass is 35.5. The molecule has 162 valence electrons. The van der Waals surface area contributed by atoms with Gasteiger partial charge in [-0.1, -0.05) is 29.8 Å². The Hall–Kier alpha value is -3.25. The Morgan fingerprint density at radius 3 is 2.55 bits per heavy atom. The van der Waals surface area contributed by atoms with E-state index in [2.05, 4.69) is 15.6 Å². The van der Waals surface area contributed by atoms with Gasteiger partial charge in [-0.2, -0.15) is 0 Å². The van der Waals surface area contributed by atoms with Gasteiger partial charge in [0.2, 0.25) is 0 Å². The second kappa shape index (κ2) is 11.2. The molecule has 3 aromatic rings. The predicted molar refractivity (Wildman–Crippen MR) is 124 cm³/mol. The van der Waals surface area contributed by atoms with Crippen molar-refractivity contribution in [1.29, 1.82) is 0 Å². The van der Waals surface area contributed by atoms with Crippen molar-refractivity contribution in [2.24, 2.45) is 0 Å². The summed E-state index contributed by atoms with van der Waals surface area (Å²) < 4.78 is 11.3. The van der Waals surface area contributed by atoms with E-state index in [-0.39, 0.29) is 5.91 Å². The van der Waals surface area contributed by atoms with Gasteiger partial charge in [0.1, 0.15) is 5.82 Å². The first kappa shape index (κ1) is 22.4. The van der Waals surface area contributed by atoms with E-state index in [1.807, 2.05) is 50.2 Å². The highest BCUT2D eigenvalue weighted by Gasteiger charge is 2.13. The van der Waals surface area contributed by atoms with Crippen LogP contribution >= 0.6 is 11.6 Å². The molecular weight excluding hydrogens is 414 g/mol. The lowest BCUT2D eigenvalue weighted by molar-refractivity contribution is 0.0954. The zero-order chi connectivity index (χ0) is 22.1. The smallest absolute Gasteiger partial charge is 0.255 e. The molecule has 0 fully saturated rings. The number of anilines is 2. The number of carbonyl (C=O) groups excluding carboxylic acids is 1. The number of ether oxygens (including phenoxy) is 2. The summed E-state index contributed by atoms with van der Waals surface area (Å²) in [7, 11) is 0. The predicted octanol–water partition coefficient (Wildman–Crippen LogP) is 5.25. The molecule has 2 N–H and O–H groups in total. The van der Waals surface area contributed by atoms with Gasteiger partial charge in [0.25, 0.3) is 5.91 Å². The van der Waals surface area contributed by atoms with Crippen molar-refractivity contribution in [3.63, 3.8) is 0 Å². The first-order chi connectivity index (χ1) is 15.1. The van der Waals surface area contributed by atoms with Crippen molar-refractivity contribution in [1.82, 2.24) is 10.3 Å². The van der Waals surface area contributed by atoms with Gasteiger partial charge in [-0.05, 0) is 62.2 Å². The van der Waals surface area contributed by atoms with E-state index in [0.29, 0.717) is 54.0 Å². The van der Waals surface area contributed by atoms with E-state index in [1.165, 1.54) is 0 Å². The summed E-state index contributed by atoms with van der Waals surface area (Å²) in [6, 6.07) is 16.6. The van der Waals surface area contributed by atoms with Crippen molar-refractivity contribution in [3.8, 4) is 11.5 Å². The van der Waals surface area contributed by atoms with Crippen LogP contribution in [0.2, 0.25) is 5.02 Å². The first-order valence-corrected chi connectivity index (χ1v) is 10.6. The number of nitrogens with zero attached hydrogens (tertiary/aromatic N) is 1. The van der Waals surface area contributed by atoms with Crippen LogP contribution < -0.4 is 20.1 Å². The molecule has 0 spiro atoms. The summed E-state index contributed by atoms with van der Waals surface area (Å²) in [5.41, 5.74) is 2.19. The van der Waals surface area contributed by atoms with Gasteiger partial charge in [-0.3, -0.25) is 4.79 Å². The van der Waals surface area contributed by atoms with Crippen LogP contribution in [-0.4, -0.2) is 30.6 Å². The molecule has 0 aliphatic carbocycles. The fourth-order valence-corrected chi connectivity index (χ4v) is 3.23. The number of amides is 1. The third kappa shape index (κ3) is 6.12. The highest BCUT2D eigenvalue weighted by Crippen LogP contribution is 2.29. The Balaban J connectivity index is 1.64. The van der Waals surface area contributed by atoms with Gasteiger partial charge >= 0.3 is 0 Å². The summed E-state index contributed by atoms with van der Waals surface area (Å²) in [5.74, 6) is 1.68. The van der Waals surface area contributed by atoms with Gasteiger partial charge in [-0.25, -0.2) is 4.98 Å². The number of halogens is 1. The van der Waals surface area contributed by atoms with Crippen molar-refractivity contribution in [2.45, 2.75) is 20.3 Å². The number of para-hydroxylation sites is 1. The number of benzene rings is 2. The monoisotopic (exact) mass is 439 g/mol. The summed E-state index contributed by atoms with van der Waals surface area (Å²) >= 11 is 6.21. The Kier molecular flexibility index (Phi) is 8.12. The average Bonchev–Trinajstić information content (AvgIpc) is 2.77. The molecule has 0 aliphatic heterocycles. The van der Waals surface area contributed by atoms with E-state index < -0.39 is 0 Å². The van der Waals surface area contributed by atoms with Crippen LogP contribution in [0.25, 0.3) is 0 Å². The average molecular weight is 440 g/mol. The number of rotatable bonds is 10. The summed E-state index contributed by atoms with van der Waals surface area (Å²) in [5, 5.41) is 6.65. The Morgan fingerprint density at radius 2 is 1.77 bits per heavy atom. The van der Waals surface area contributed by atoms with Gasteiger partial charge in [0.05, 0.1) is 29.5 Å². The topological polar surface area (TPSA) is 72.5 Å². The largest absolute Gasteiger partial charge is 0.490 e. The quantitative estimate of drug-likeness (QED) is 0.451. The number of carbonyl (C=O) groups is 1. The highest BCUT2D eigenvalue weighted by molar-refractivity contribution is 6.33. The molecule has 1 amide bonds. The van der Waals surface area contributed by atoms with Crippen LogP contribution in [0.5, 0.6) is 11.5 Å². The third-order valence-corrected chi connectivity index (χ3v) is 4.82. The number of nitrogens with one attached hydrogen (secondary N) is 2. The second-order valence-electron chi connectivity index (χ2n) is 6.66. The third-order valence-electron chi connectivity index (χ3n) is 4.49. The van der Waals surface area contributed by atoms with Gasteiger partial charge in [-0.15, -0.1) is 0 Å². The van der Waals surface area contributed by atoms with E-state index in [4.69, 9.17) is 21.1 Å². The summed E-state index contributed by atoms with van der Waals surface area (Å²) in [6.07, 6.45) is 2.29. The normalized spacial score (nSPS) is 10.4. The van der Waals surface area contributed by atoms with Crippen molar-refractivity contribution < 1.29 is 14.3 Å². The van der Waals surface area contributed by atoms with Gasteiger partial charge in [0.15, 0.2) is 11.5 Å². The van der Waals surface area contributed by atoms with Crippen molar-refractivity contribution in [3.05, 3.63) is 76.9 Å². The van der Waals surface area contributed by atoms with E-state index in [1.54, 1.807) is 24.4 Å². The maximum Gasteiger partial charge on any atom is 0.255 e. The Labute approximate surface area is 187 Å². The zero-order valence-corrected chi connectivity index (χ0v) is 18.4. The first-order valence-electron chi connectivity index (χ1n) is 10.3. The molecule has 0 saturated heterocycles. The molecular formula is C24H26ClN3O3. The van der Waals surface area contributed by atoms with Gasteiger partial charge < -0.3 is 20.1 Å². The number of hydrogen-bond acceptors (Lipinski definition) is 5. The molecule has 1 heterocycles. The van der Waals surface area contributed by atoms with Crippen LogP contribution in [0, 0.1) is 0 Å². The molecule has 7 heteroatoms. The second-order valence-corrected chi connectivity index (χ2v) is 7.06. The van der Waals surface area contributed by atoms with Crippen LogP contribution in [0.3, 0.4) is 0 Å². The fourth-order valence-electron chi connectivity index (χ4n) is 3.04. The molecule has 0 radical (unpaired) electrons. The molecule has 6 nitrogen and oxygen atoms in total. The fraction of sp³-hybridized carbons (Fsp3) is 0.250. The van der Waals surface area contributed by atoms with Gasteiger partial charge in [0, 0.05) is 12.7 Å². The van der Waals surface area contributed by atoms with Crippen LogP contribution in [0.4, 0.5) is 11.5 Å². The van der Waals surface area contributed by atoms with Crippen molar-refractivity contribution >= 4 is 29.0 Å². The molecule has 3 rings (SSSR count). The lowest BCUT2D eigenvalue weighted by Gasteiger charge is -2.13. The lowest BCUT2D eigenvalue weighted by atomic mass is 10.1. The van der Waals surface area contributed by atoms with E-state index in [9.17, 15) is 4.79 Å². The molecule has 0 unspecified atom stereocenters. The maximum atomic E-state index is 12.8. The molecule has 31 heavy (non-hydrogen) atoms. The molecule has 1 aromatic heterocycles. The standard InChI is InChI=1S/C24H26ClN3O3/c1-3-30-21-12-11-17(16-22(21)31-4-2)13-15-27-24(29)18-8-7-14-26-23(18)28-20-10-6-5-9-19(20)25/h5-12,14,16H,3-4,13,15H2,1-2H3,(H,26,28)(H,27,29).